The first-order valence-corrected chi connectivity index (χ1v) is 4.31. The van der Waals surface area contributed by atoms with Gasteiger partial charge in [-0.15, -0.1) is 4.91 Å². The van der Waals surface area contributed by atoms with Crippen LogP contribution in [0.5, 0.6) is 0 Å². The van der Waals surface area contributed by atoms with Crippen molar-refractivity contribution in [1.29, 1.82) is 0 Å². The second-order valence-electron chi connectivity index (χ2n) is 2.84. The lowest BCUT2D eigenvalue weighted by Crippen LogP contribution is -2.11. The number of nitroso groups, excluding NO2 is 1. The summed E-state index contributed by atoms with van der Waals surface area (Å²) >= 11 is 0. The fourth-order valence-electron chi connectivity index (χ4n) is 1.10. The lowest BCUT2D eigenvalue weighted by molar-refractivity contribution is 0.100. The van der Waals surface area contributed by atoms with Gasteiger partial charge < -0.3 is 16.2 Å². The second kappa shape index (κ2) is 5.06. The van der Waals surface area contributed by atoms with E-state index in [0.717, 1.165) is 0 Å². The Morgan fingerprint density at radius 3 is 2.80 bits per heavy atom. The van der Waals surface area contributed by atoms with Gasteiger partial charge in [0.15, 0.2) is 0 Å². The molecule has 1 aromatic carbocycles. The van der Waals surface area contributed by atoms with Crippen LogP contribution in [0.25, 0.3) is 0 Å². The molecule has 80 valence electrons. The maximum atomic E-state index is 10.8. The Kier molecular flexibility index (Phi) is 3.75. The maximum absolute atomic E-state index is 10.8. The average molecular weight is 209 g/mol. The molecule has 0 unspecified atom stereocenters. The van der Waals surface area contributed by atoms with E-state index in [1.165, 1.54) is 18.2 Å². The number of nitrogens with two attached hydrogens (primary N) is 1. The van der Waals surface area contributed by atoms with Crippen molar-refractivity contribution in [1.82, 2.24) is 0 Å². The van der Waals surface area contributed by atoms with Crippen LogP contribution in [0, 0.1) is 4.91 Å². The van der Waals surface area contributed by atoms with Gasteiger partial charge in [0.25, 0.3) is 0 Å². The largest absolute Gasteiger partial charge is 0.395 e. The Morgan fingerprint density at radius 2 is 2.27 bits per heavy atom. The minimum atomic E-state index is -0.617. The van der Waals surface area contributed by atoms with Crippen LogP contribution >= 0.6 is 0 Å². The van der Waals surface area contributed by atoms with Crippen LogP contribution in [0.4, 0.5) is 11.4 Å². The fraction of sp³-hybridized carbons (Fsp3) is 0.222. The number of carbonyl (C=O) groups excluding carboxylic acids is 1. The number of hydrogen-bond acceptors (Lipinski definition) is 5. The van der Waals surface area contributed by atoms with Crippen LogP contribution < -0.4 is 11.1 Å². The topological polar surface area (TPSA) is 105 Å². The van der Waals surface area contributed by atoms with Crippen molar-refractivity contribution in [2.45, 2.75) is 0 Å². The SMILES string of the molecule is NC(=O)c1ccc(NCCO)c(N=O)c1. The molecule has 1 aromatic rings. The van der Waals surface area contributed by atoms with E-state index >= 15 is 0 Å². The molecule has 0 radical (unpaired) electrons. The molecule has 0 aliphatic carbocycles. The first-order valence-electron chi connectivity index (χ1n) is 4.31. The highest BCUT2D eigenvalue weighted by atomic mass is 16.3. The van der Waals surface area contributed by atoms with Crippen LogP contribution in [0.3, 0.4) is 0 Å². The third kappa shape index (κ3) is 2.75. The quantitative estimate of drug-likeness (QED) is 0.617. The average Bonchev–Trinajstić information content (AvgIpc) is 2.25. The van der Waals surface area contributed by atoms with Crippen molar-refractivity contribution < 1.29 is 9.90 Å². The lowest BCUT2D eigenvalue weighted by atomic mass is 10.1. The first kappa shape index (κ1) is 11.1. The summed E-state index contributed by atoms with van der Waals surface area (Å²) in [6.45, 7) is 0.244. The zero-order valence-electron chi connectivity index (χ0n) is 7.93. The molecule has 4 N–H and O–H groups in total. The summed E-state index contributed by atoms with van der Waals surface area (Å²) in [6, 6.07) is 4.30. The van der Waals surface area contributed by atoms with Crippen LogP contribution in [-0.4, -0.2) is 24.2 Å². The van der Waals surface area contributed by atoms with Crippen molar-refractivity contribution >= 4 is 17.3 Å². The highest BCUT2D eigenvalue weighted by Gasteiger charge is 2.06. The van der Waals surface area contributed by atoms with Crippen molar-refractivity contribution in [3.8, 4) is 0 Å². The molecule has 0 aliphatic heterocycles. The van der Waals surface area contributed by atoms with E-state index in [9.17, 15) is 9.70 Å². The molecule has 0 bridgehead atoms. The summed E-state index contributed by atoms with van der Waals surface area (Å²) in [5.41, 5.74) is 5.83. The second-order valence-corrected chi connectivity index (χ2v) is 2.84. The van der Waals surface area contributed by atoms with Crippen LogP contribution in [-0.2, 0) is 0 Å². The number of primary amides is 1. The number of nitrogens with one attached hydrogen (secondary N) is 1. The predicted octanol–water partition coefficient (Wildman–Crippen LogP) is 0.588. The number of rotatable bonds is 5. The first-order chi connectivity index (χ1) is 7.19. The number of hydrogen-bond donors (Lipinski definition) is 3. The molecule has 0 atom stereocenters. The highest BCUT2D eigenvalue weighted by Crippen LogP contribution is 2.25. The minimum absolute atomic E-state index is 0.0597. The van der Waals surface area contributed by atoms with E-state index in [-0.39, 0.29) is 17.9 Å². The standard InChI is InChI=1S/C9H11N3O3/c10-9(14)6-1-2-7(11-3-4-13)8(5-6)12-15/h1-2,5,11,13H,3-4H2,(H2,10,14). The van der Waals surface area contributed by atoms with Crippen molar-refractivity contribution in [2.24, 2.45) is 10.9 Å². The van der Waals surface area contributed by atoms with Gasteiger partial charge in [-0.25, -0.2) is 0 Å². The van der Waals surface area contributed by atoms with Gasteiger partial charge in [-0.2, -0.15) is 0 Å². The van der Waals surface area contributed by atoms with Gasteiger partial charge in [-0.1, -0.05) is 0 Å². The highest BCUT2D eigenvalue weighted by molar-refractivity contribution is 5.94. The van der Waals surface area contributed by atoms with Crippen LogP contribution in [0.2, 0.25) is 0 Å². The molecule has 0 heterocycles. The summed E-state index contributed by atoms with van der Waals surface area (Å²) in [4.78, 5) is 21.3. The summed E-state index contributed by atoms with van der Waals surface area (Å²) in [6.07, 6.45) is 0. The van der Waals surface area contributed by atoms with E-state index in [1.807, 2.05) is 0 Å². The number of aliphatic hydroxyl groups excluding tert-OH is 1. The Balaban J connectivity index is 2.98. The summed E-state index contributed by atoms with van der Waals surface area (Å²) in [5, 5.41) is 14.1. The molecule has 0 spiro atoms. The van der Waals surface area contributed by atoms with Crippen molar-refractivity contribution in [3.63, 3.8) is 0 Å². The number of amides is 1. The Hall–Kier alpha value is -1.95. The number of nitrogens with zero attached hydrogens (tertiary/aromatic N) is 1. The van der Waals surface area contributed by atoms with Gasteiger partial charge in [0.2, 0.25) is 5.91 Å². The predicted molar refractivity (Wildman–Crippen MR) is 56.0 cm³/mol. The summed E-state index contributed by atoms with van der Waals surface area (Å²) in [5.74, 6) is -0.617. The number of aliphatic hydroxyl groups is 1. The Morgan fingerprint density at radius 1 is 1.53 bits per heavy atom. The molecule has 15 heavy (non-hydrogen) atoms. The lowest BCUT2D eigenvalue weighted by Gasteiger charge is -2.06. The molecule has 6 heteroatoms. The smallest absolute Gasteiger partial charge is 0.248 e. The summed E-state index contributed by atoms with van der Waals surface area (Å²) in [7, 11) is 0. The molecular weight excluding hydrogens is 198 g/mol. The Bertz CT molecular complexity index is 379. The minimum Gasteiger partial charge on any atom is -0.395 e. The zero-order valence-corrected chi connectivity index (χ0v) is 7.93. The molecule has 1 rings (SSSR count). The van der Waals surface area contributed by atoms with Gasteiger partial charge in [-0.05, 0) is 23.4 Å². The van der Waals surface area contributed by atoms with E-state index in [0.29, 0.717) is 12.2 Å². The van der Waals surface area contributed by atoms with Crippen molar-refractivity contribution in [3.05, 3.63) is 28.7 Å². The van der Waals surface area contributed by atoms with E-state index in [2.05, 4.69) is 10.5 Å². The molecule has 0 saturated carbocycles. The third-order valence-corrected chi connectivity index (χ3v) is 1.81. The molecular formula is C9H11N3O3. The maximum Gasteiger partial charge on any atom is 0.248 e. The molecule has 0 aromatic heterocycles. The van der Waals surface area contributed by atoms with E-state index < -0.39 is 5.91 Å². The van der Waals surface area contributed by atoms with Gasteiger partial charge in [0, 0.05) is 12.1 Å². The van der Waals surface area contributed by atoms with Crippen LogP contribution in [0.1, 0.15) is 10.4 Å². The number of benzene rings is 1. The zero-order chi connectivity index (χ0) is 11.3. The van der Waals surface area contributed by atoms with Gasteiger partial charge in [-0.3, -0.25) is 4.79 Å². The van der Waals surface area contributed by atoms with E-state index in [4.69, 9.17) is 10.8 Å². The van der Waals surface area contributed by atoms with Gasteiger partial charge in [0.1, 0.15) is 5.69 Å². The molecule has 0 aliphatic rings. The number of anilines is 1. The molecule has 1 amide bonds. The van der Waals surface area contributed by atoms with Crippen molar-refractivity contribution in [2.75, 3.05) is 18.5 Å². The Labute approximate surface area is 86.1 Å². The molecule has 0 saturated heterocycles. The third-order valence-electron chi connectivity index (χ3n) is 1.81. The normalized spacial score (nSPS) is 9.67. The molecule has 6 nitrogen and oxygen atoms in total. The monoisotopic (exact) mass is 209 g/mol. The van der Waals surface area contributed by atoms with Crippen LogP contribution in [0.15, 0.2) is 23.4 Å². The number of carbonyl (C=O) groups is 1. The van der Waals surface area contributed by atoms with Gasteiger partial charge >= 0.3 is 0 Å². The fourth-order valence-corrected chi connectivity index (χ4v) is 1.10. The van der Waals surface area contributed by atoms with Gasteiger partial charge in [0.05, 0.1) is 12.3 Å². The summed E-state index contributed by atoms with van der Waals surface area (Å²) < 4.78 is 0. The molecule has 0 fully saturated rings. The van der Waals surface area contributed by atoms with E-state index in [1.54, 1.807) is 0 Å².